The minimum atomic E-state index is -0.358. The van der Waals surface area contributed by atoms with Gasteiger partial charge < -0.3 is 20.4 Å². The minimum Gasteiger partial charge on any atom is -0.508 e. The molecule has 0 amide bonds. The number of fused-ring (bicyclic) bond motifs is 2. The summed E-state index contributed by atoms with van der Waals surface area (Å²) in [5, 5.41) is 19.5. The van der Waals surface area contributed by atoms with Crippen molar-refractivity contribution in [3.8, 4) is 11.5 Å². The molecule has 0 bridgehead atoms. The van der Waals surface area contributed by atoms with Crippen molar-refractivity contribution < 1.29 is 14.6 Å². The van der Waals surface area contributed by atoms with Crippen LogP contribution in [0.5, 0.6) is 11.5 Å². The van der Waals surface area contributed by atoms with E-state index >= 15 is 0 Å². The van der Waals surface area contributed by atoms with E-state index < -0.39 is 0 Å². The molecule has 0 aliphatic rings. The molecule has 0 spiro atoms. The Morgan fingerprint density at radius 1 is 1.06 bits per heavy atom. The maximum atomic E-state index is 12.2. The number of nitrogens with two attached hydrogens (primary N) is 1. The Balaban J connectivity index is 2.61. The number of benzene rings is 2. The molecule has 5 heteroatoms. The zero-order valence-corrected chi connectivity index (χ0v) is 9.18. The van der Waals surface area contributed by atoms with E-state index in [4.69, 9.17) is 10.2 Å². The average molecular weight is 243 g/mol. The van der Waals surface area contributed by atoms with E-state index in [0.29, 0.717) is 16.7 Å². The first-order valence-electron chi connectivity index (χ1n) is 5.24. The van der Waals surface area contributed by atoms with Crippen molar-refractivity contribution in [1.82, 2.24) is 0 Å². The summed E-state index contributed by atoms with van der Waals surface area (Å²) in [6, 6.07) is 7.03. The maximum Gasteiger partial charge on any atom is 0.204 e. The van der Waals surface area contributed by atoms with E-state index in [-0.39, 0.29) is 27.9 Å². The highest BCUT2D eigenvalue weighted by atomic mass is 16.3. The molecule has 1 aromatic heterocycles. The standard InChI is InChI=1S/C13H9NO4/c14-6-1-2-8-10(3-6)18-11-5-7(15)4-9(16)12(11)13(8)17/h1-5,15-16H,14H2. The van der Waals surface area contributed by atoms with Crippen LogP contribution in [0.2, 0.25) is 0 Å². The number of hydrogen-bond donors (Lipinski definition) is 3. The summed E-state index contributed by atoms with van der Waals surface area (Å²) < 4.78 is 5.47. The zero-order valence-electron chi connectivity index (χ0n) is 9.18. The van der Waals surface area contributed by atoms with Gasteiger partial charge in [-0.1, -0.05) is 0 Å². The van der Waals surface area contributed by atoms with E-state index in [1.54, 1.807) is 12.1 Å². The highest BCUT2D eigenvalue weighted by Crippen LogP contribution is 2.30. The van der Waals surface area contributed by atoms with Crippen LogP contribution in [0, 0.1) is 0 Å². The first-order valence-corrected chi connectivity index (χ1v) is 5.24. The lowest BCUT2D eigenvalue weighted by Gasteiger charge is -2.04. The number of anilines is 1. The molecule has 3 aromatic rings. The molecule has 5 nitrogen and oxygen atoms in total. The Kier molecular flexibility index (Phi) is 1.98. The van der Waals surface area contributed by atoms with Crippen molar-refractivity contribution in [2.45, 2.75) is 0 Å². The molecule has 0 atom stereocenters. The Hall–Kier alpha value is -2.69. The summed E-state index contributed by atoms with van der Waals surface area (Å²) in [6.07, 6.45) is 0. The quantitative estimate of drug-likeness (QED) is 0.414. The molecule has 3 rings (SSSR count). The molecule has 1 heterocycles. The van der Waals surface area contributed by atoms with Crippen LogP contribution in [0.1, 0.15) is 0 Å². The number of phenolic OH excluding ortho intramolecular Hbond substituents is 2. The third-order valence-corrected chi connectivity index (χ3v) is 2.76. The van der Waals surface area contributed by atoms with Gasteiger partial charge in [0.05, 0.1) is 5.39 Å². The van der Waals surface area contributed by atoms with E-state index in [9.17, 15) is 15.0 Å². The first kappa shape index (κ1) is 10.5. The van der Waals surface area contributed by atoms with Crippen molar-refractivity contribution in [2.24, 2.45) is 0 Å². The van der Waals surface area contributed by atoms with Crippen LogP contribution in [0.15, 0.2) is 39.5 Å². The maximum absolute atomic E-state index is 12.2. The average Bonchev–Trinajstić information content (AvgIpc) is 2.27. The lowest BCUT2D eigenvalue weighted by Crippen LogP contribution is -2.02. The summed E-state index contributed by atoms with van der Waals surface area (Å²) in [5.41, 5.74) is 6.16. The zero-order chi connectivity index (χ0) is 12.9. The lowest BCUT2D eigenvalue weighted by atomic mass is 10.1. The van der Waals surface area contributed by atoms with Crippen LogP contribution < -0.4 is 11.2 Å². The fraction of sp³-hybridized carbons (Fsp3) is 0. The van der Waals surface area contributed by atoms with Crippen LogP contribution in [0.3, 0.4) is 0 Å². The number of rotatable bonds is 0. The van der Waals surface area contributed by atoms with E-state index in [2.05, 4.69) is 0 Å². The Labute approximate surface area is 101 Å². The summed E-state index contributed by atoms with van der Waals surface area (Å²) in [4.78, 5) is 12.2. The van der Waals surface area contributed by atoms with Gasteiger partial charge in [-0.2, -0.15) is 0 Å². The second kappa shape index (κ2) is 3.40. The van der Waals surface area contributed by atoms with Gasteiger partial charge in [0.1, 0.15) is 28.1 Å². The number of hydrogen-bond acceptors (Lipinski definition) is 5. The predicted octanol–water partition coefficient (Wildman–Crippen LogP) is 1.94. The first-order chi connectivity index (χ1) is 8.56. The van der Waals surface area contributed by atoms with Crippen molar-refractivity contribution in [2.75, 3.05) is 5.73 Å². The van der Waals surface area contributed by atoms with Gasteiger partial charge in [-0.05, 0) is 12.1 Å². The molecule has 0 saturated heterocycles. The van der Waals surface area contributed by atoms with Gasteiger partial charge in [-0.25, -0.2) is 0 Å². The van der Waals surface area contributed by atoms with Crippen molar-refractivity contribution in [3.05, 3.63) is 40.6 Å². The Bertz CT molecular complexity index is 836. The van der Waals surface area contributed by atoms with E-state index in [1.165, 1.54) is 12.1 Å². The third-order valence-electron chi connectivity index (χ3n) is 2.76. The predicted molar refractivity (Wildman–Crippen MR) is 67.7 cm³/mol. The van der Waals surface area contributed by atoms with Gasteiger partial charge in [0.2, 0.25) is 5.43 Å². The molecule has 18 heavy (non-hydrogen) atoms. The molecule has 0 aliphatic carbocycles. The van der Waals surface area contributed by atoms with Crippen molar-refractivity contribution in [3.63, 3.8) is 0 Å². The molecule has 2 aromatic carbocycles. The number of aromatic hydroxyl groups is 2. The molecule has 0 aliphatic heterocycles. The number of nitrogen functional groups attached to an aromatic ring is 1. The summed E-state index contributed by atoms with van der Waals surface area (Å²) >= 11 is 0. The molecule has 0 radical (unpaired) electrons. The summed E-state index contributed by atoms with van der Waals surface area (Å²) in [6.45, 7) is 0. The topological polar surface area (TPSA) is 96.7 Å². The molecule has 0 fully saturated rings. The van der Waals surface area contributed by atoms with Crippen LogP contribution in [0.25, 0.3) is 21.9 Å². The SMILES string of the molecule is Nc1ccc2c(=O)c3c(O)cc(O)cc3oc2c1. The van der Waals surface area contributed by atoms with Crippen molar-refractivity contribution in [1.29, 1.82) is 0 Å². The smallest absolute Gasteiger partial charge is 0.204 e. The van der Waals surface area contributed by atoms with Gasteiger partial charge in [-0.3, -0.25) is 4.79 Å². The molecule has 4 N–H and O–H groups in total. The second-order valence-corrected chi connectivity index (χ2v) is 4.02. The summed E-state index contributed by atoms with van der Waals surface area (Å²) in [7, 11) is 0. The van der Waals surface area contributed by atoms with E-state index in [0.717, 1.165) is 6.07 Å². The fourth-order valence-corrected chi connectivity index (χ4v) is 1.96. The van der Waals surface area contributed by atoms with Crippen molar-refractivity contribution >= 4 is 27.6 Å². The van der Waals surface area contributed by atoms with Crippen LogP contribution in [-0.4, -0.2) is 10.2 Å². The normalized spacial score (nSPS) is 11.1. The van der Waals surface area contributed by atoms with Crippen LogP contribution in [-0.2, 0) is 0 Å². The summed E-state index contributed by atoms with van der Waals surface area (Å²) in [5.74, 6) is -0.483. The Morgan fingerprint density at radius 3 is 2.61 bits per heavy atom. The molecule has 0 unspecified atom stereocenters. The minimum absolute atomic E-state index is 0.0464. The monoisotopic (exact) mass is 243 g/mol. The van der Waals surface area contributed by atoms with Gasteiger partial charge in [0.15, 0.2) is 0 Å². The number of phenols is 2. The van der Waals surface area contributed by atoms with Crippen LogP contribution in [0.4, 0.5) is 5.69 Å². The molecule has 0 saturated carbocycles. The van der Waals surface area contributed by atoms with Gasteiger partial charge >= 0.3 is 0 Å². The fourth-order valence-electron chi connectivity index (χ4n) is 1.96. The van der Waals surface area contributed by atoms with Gasteiger partial charge in [0, 0.05) is 23.9 Å². The molecular formula is C13H9NO4. The van der Waals surface area contributed by atoms with Crippen LogP contribution >= 0.6 is 0 Å². The molecule has 90 valence electrons. The Morgan fingerprint density at radius 2 is 1.83 bits per heavy atom. The van der Waals surface area contributed by atoms with Gasteiger partial charge in [0.25, 0.3) is 0 Å². The second-order valence-electron chi connectivity index (χ2n) is 4.02. The van der Waals surface area contributed by atoms with Gasteiger partial charge in [-0.15, -0.1) is 0 Å². The highest BCUT2D eigenvalue weighted by Gasteiger charge is 2.12. The third kappa shape index (κ3) is 1.37. The molecular weight excluding hydrogens is 234 g/mol. The van der Waals surface area contributed by atoms with E-state index in [1.807, 2.05) is 0 Å². The lowest BCUT2D eigenvalue weighted by molar-refractivity contribution is 0.453. The highest BCUT2D eigenvalue weighted by molar-refractivity contribution is 5.94. The largest absolute Gasteiger partial charge is 0.508 e.